The lowest BCUT2D eigenvalue weighted by Crippen LogP contribution is -2.44. The molecule has 3 rings (SSSR count). The molecule has 2 amide bonds. The summed E-state index contributed by atoms with van der Waals surface area (Å²) in [6.07, 6.45) is 0. The largest absolute Gasteiger partial charge is 0.333 e. The van der Waals surface area contributed by atoms with E-state index in [1.165, 1.54) is 11.3 Å². The molecule has 0 spiro atoms. The molecular weight excluding hydrogens is 348 g/mol. The minimum atomic E-state index is -0.527. The normalized spacial score (nSPS) is 15.8. The van der Waals surface area contributed by atoms with Crippen molar-refractivity contribution in [2.24, 2.45) is 0 Å². The summed E-state index contributed by atoms with van der Waals surface area (Å²) < 4.78 is 0. The van der Waals surface area contributed by atoms with Crippen molar-refractivity contribution in [3.05, 3.63) is 56.2 Å². The summed E-state index contributed by atoms with van der Waals surface area (Å²) in [5, 5.41) is 9.41. The van der Waals surface area contributed by atoms with Crippen LogP contribution in [0.1, 0.15) is 44.3 Å². The van der Waals surface area contributed by atoms with Gasteiger partial charge in [0.2, 0.25) is 0 Å². The predicted octanol–water partition coefficient (Wildman–Crippen LogP) is 3.45. The highest BCUT2D eigenvalue weighted by molar-refractivity contribution is 7.14. The summed E-state index contributed by atoms with van der Waals surface area (Å²) in [7, 11) is 0. The third-order valence-electron chi connectivity index (χ3n) is 4.07. The van der Waals surface area contributed by atoms with Crippen molar-refractivity contribution >= 4 is 34.8 Å². The quantitative estimate of drug-likeness (QED) is 0.633. The number of hydrogen-bond acceptors (Lipinski definition) is 4. The monoisotopic (exact) mass is 364 g/mol. The third kappa shape index (κ3) is 3.05. The van der Waals surface area contributed by atoms with E-state index >= 15 is 0 Å². The summed E-state index contributed by atoms with van der Waals surface area (Å²) in [5.74, 6) is -0.592. The van der Waals surface area contributed by atoms with Gasteiger partial charge in [0, 0.05) is 34.0 Å². The molecule has 126 valence electrons. The Bertz CT molecular complexity index is 799. The number of hydroxylamine groups is 1. The maximum Gasteiger partial charge on any atom is 0.284 e. The lowest BCUT2D eigenvalue weighted by molar-refractivity contribution is 0.0689. The Hall–Kier alpha value is -1.89. The number of amides is 2. The molecule has 0 saturated heterocycles. The van der Waals surface area contributed by atoms with Crippen LogP contribution in [0.3, 0.4) is 0 Å². The van der Waals surface area contributed by atoms with Crippen LogP contribution < -0.4 is 5.48 Å². The number of nitrogens with zero attached hydrogens (tertiary/aromatic N) is 1. The second-order valence-corrected chi connectivity index (χ2v) is 7.95. The Morgan fingerprint density at radius 3 is 2.58 bits per heavy atom. The van der Waals surface area contributed by atoms with Gasteiger partial charge in [-0.2, -0.15) is 0 Å². The van der Waals surface area contributed by atoms with Crippen molar-refractivity contribution in [1.82, 2.24) is 10.4 Å². The zero-order valence-electron chi connectivity index (χ0n) is 13.3. The van der Waals surface area contributed by atoms with Gasteiger partial charge in [-0.05, 0) is 35.9 Å². The van der Waals surface area contributed by atoms with Crippen LogP contribution in [-0.4, -0.2) is 28.5 Å². The Balaban J connectivity index is 1.91. The smallest absolute Gasteiger partial charge is 0.284 e. The van der Waals surface area contributed by atoms with E-state index < -0.39 is 5.91 Å². The number of fused-ring (bicyclic) bond motifs is 1. The van der Waals surface area contributed by atoms with Crippen LogP contribution >= 0.6 is 22.9 Å². The zero-order valence-corrected chi connectivity index (χ0v) is 14.9. The van der Waals surface area contributed by atoms with Gasteiger partial charge in [-0.3, -0.25) is 14.8 Å². The molecule has 2 aromatic rings. The molecule has 5 nitrogen and oxygen atoms in total. The predicted molar refractivity (Wildman–Crippen MR) is 92.8 cm³/mol. The summed E-state index contributed by atoms with van der Waals surface area (Å²) in [4.78, 5) is 27.7. The fourth-order valence-electron chi connectivity index (χ4n) is 3.02. The van der Waals surface area contributed by atoms with Crippen molar-refractivity contribution in [2.45, 2.75) is 25.8 Å². The fraction of sp³-hybridized carbons (Fsp3) is 0.294. The molecule has 1 aliphatic rings. The number of halogens is 1. The van der Waals surface area contributed by atoms with Gasteiger partial charge in [-0.1, -0.05) is 25.4 Å². The van der Waals surface area contributed by atoms with Crippen LogP contribution in [0, 0.1) is 0 Å². The van der Waals surface area contributed by atoms with Gasteiger partial charge >= 0.3 is 0 Å². The Labute approximate surface area is 148 Å². The van der Waals surface area contributed by atoms with E-state index in [1.54, 1.807) is 40.7 Å². The molecule has 7 heteroatoms. The molecule has 0 aliphatic carbocycles. The Kier molecular flexibility index (Phi) is 4.38. The van der Waals surface area contributed by atoms with Gasteiger partial charge in [0.1, 0.15) is 0 Å². The van der Waals surface area contributed by atoms with Gasteiger partial charge < -0.3 is 4.90 Å². The number of thiophene rings is 1. The van der Waals surface area contributed by atoms with Gasteiger partial charge in [0.15, 0.2) is 0 Å². The second-order valence-electron chi connectivity index (χ2n) is 6.46. The van der Waals surface area contributed by atoms with Crippen molar-refractivity contribution in [3.8, 4) is 0 Å². The number of benzene rings is 1. The van der Waals surface area contributed by atoms with E-state index in [1.807, 2.05) is 13.8 Å². The number of hydrogen-bond donors (Lipinski definition) is 2. The van der Waals surface area contributed by atoms with Crippen LogP contribution in [0.2, 0.25) is 5.02 Å². The molecule has 0 atom stereocenters. The first-order valence-corrected chi connectivity index (χ1v) is 8.64. The zero-order chi connectivity index (χ0) is 17.5. The Morgan fingerprint density at radius 2 is 1.96 bits per heavy atom. The molecule has 1 aromatic carbocycles. The molecular formula is C17H17ClN2O3S. The molecule has 2 N–H and O–H groups in total. The van der Waals surface area contributed by atoms with Crippen molar-refractivity contribution in [1.29, 1.82) is 0 Å². The lowest BCUT2D eigenvalue weighted by atomic mass is 9.85. The van der Waals surface area contributed by atoms with E-state index in [9.17, 15) is 9.59 Å². The minimum absolute atomic E-state index is 0.0650. The second kappa shape index (κ2) is 6.20. The van der Waals surface area contributed by atoms with E-state index in [0.717, 1.165) is 10.4 Å². The van der Waals surface area contributed by atoms with Crippen LogP contribution in [0.4, 0.5) is 0 Å². The molecule has 0 fully saturated rings. The Morgan fingerprint density at radius 1 is 1.29 bits per heavy atom. The molecule has 0 bridgehead atoms. The van der Waals surface area contributed by atoms with Crippen molar-refractivity contribution in [2.75, 3.05) is 6.54 Å². The molecule has 2 heterocycles. The molecule has 0 unspecified atom stereocenters. The number of carbonyl (C=O) groups is 2. The number of rotatable bonds is 2. The van der Waals surface area contributed by atoms with Crippen molar-refractivity contribution < 1.29 is 14.8 Å². The van der Waals surface area contributed by atoms with Crippen LogP contribution in [-0.2, 0) is 12.0 Å². The fourth-order valence-corrected chi connectivity index (χ4v) is 4.30. The maximum atomic E-state index is 12.8. The average Bonchev–Trinajstić information content (AvgIpc) is 2.99. The minimum Gasteiger partial charge on any atom is -0.333 e. The lowest BCUT2D eigenvalue weighted by Gasteiger charge is -2.38. The summed E-state index contributed by atoms with van der Waals surface area (Å²) in [6, 6.07) is 8.57. The molecule has 1 aromatic heterocycles. The first-order valence-electron chi connectivity index (χ1n) is 7.44. The van der Waals surface area contributed by atoms with E-state index in [2.05, 4.69) is 0 Å². The average molecular weight is 365 g/mol. The third-order valence-corrected chi connectivity index (χ3v) is 5.87. The maximum absolute atomic E-state index is 12.8. The van der Waals surface area contributed by atoms with Gasteiger partial charge in [-0.25, -0.2) is 5.48 Å². The summed E-state index contributed by atoms with van der Waals surface area (Å²) >= 11 is 7.24. The highest BCUT2D eigenvalue weighted by atomic mass is 35.5. The summed E-state index contributed by atoms with van der Waals surface area (Å²) in [6.45, 7) is 5.09. The molecule has 0 saturated carbocycles. The first-order chi connectivity index (χ1) is 11.3. The number of nitrogens with one attached hydrogen (secondary N) is 1. The molecule has 1 aliphatic heterocycles. The van der Waals surface area contributed by atoms with E-state index in [-0.39, 0.29) is 11.3 Å². The topological polar surface area (TPSA) is 69.6 Å². The first kappa shape index (κ1) is 17.0. The highest BCUT2D eigenvalue weighted by Crippen LogP contribution is 2.39. The van der Waals surface area contributed by atoms with Crippen LogP contribution in [0.5, 0.6) is 0 Å². The van der Waals surface area contributed by atoms with E-state index in [4.69, 9.17) is 16.8 Å². The molecule has 24 heavy (non-hydrogen) atoms. The van der Waals surface area contributed by atoms with Crippen LogP contribution in [0.25, 0.3) is 0 Å². The SMILES string of the molecule is CC1(C)CN(C(=O)c2ccc(Cl)cc2)Cc2cc(C(=O)NO)sc21. The molecule has 0 radical (unpaired) electrons. The van der Waals surface area contributed by atoms with Gasteiger partial charge in [0.05, 0.1) is 4.88 Å². The standard InChI is InChI=1S/C17H17ClN2O3S/c1-17(2)9-20(16(22)10-3-5-12(18)6-4-10)8-11-7-13(15(21)19-23)24-14(11)17/h3-7,23H,8-9H2,1-2H3,(H,19,21). The van der Waals surface area contributed by atoms with Gasteiger partial charge in [-0.15, -0.1) is 11.3 Å². The van der Waals surface area contributed by atoms with Crippen LogP contribution in [0.15, 0.2) is 30.3 Å². The van der Waals surface area contributed by atoms with Crippen molar-refractivity contribution in [3.63, 3.8) is 0 Å². The number of carbonyl (C=O) groups excluding carboxylic acids is 2. The van der Waals surface area contributed by atoms with E-state index in [0.29, 0.717) is 28.6 Å². The highest BCUT2D eigenvalue weighted by Gasteiger charge is 2.36. The summed E-state index contributed by atoms with van der Waals surface area (Å²) in [5.41, 5.74) is 2.92. The van der Waals surface area contributed by atoms with Gasteiger partial charge in [0.25, 0.3) is 11.8 Å².